The van der Waals surface area contributed by atoms with Gasteiger partial charge in [-0.2, -0.15) is 0 Å². The van der Waals surface area contributed by atoms with E-state index in [9.17, 15) is 9.59 Å². The molecule has 0 atom stereocenters. The van der Waals surface area contributed by atoms with Crippen molar-refractivity contribution in [1.29, 1.82) is 0 Å². The summed E-state index contributed by atoms with van der Waals surface area (Å²) < 4.78 is 5.75. The van der Waals surface area contributed by atoms with Crippen LogP contribution in [0.2, 0.25) is 0 Å². The second-order valence-corrected chi connectivity index (χ2v) is 9.02. The van der Waals surface area contributed by atoms with Crippen LogP contribution in [0.3, 0.4) is 0 Å². The van der Waals surface area contributed by atoms with Gasteiger partial charge in [0, 0.05) is 37.1 Å². The van der Waals surface area contributed by atoms with Crippen LogP contribution in [0.5, 0.6) is 5.75 Å². The Morgan fingerprint density at radius 1 is 1.25 bits per heavy atom. The number of aromatic nitrogens is 1. The molecule has 1 aromatic carbocycles. The van der Waals surface area contributed by atoms with Crippen molar-refractivity contribution in [3.8, 4) is 5.75 Å². The zero-order chi connectivity index (χ0) is 22.8. The monoisotopic (exact) mass is 456 g/mol. The summed E-state index contributed by atoms with van der Waals surface area (Å²) in [6, 6.07) is 7.78. The van der Waals surface area contributed by atoms with E-state index in [-0.39, 0.29) is 17.9 Å². The molecule has 2 N–H and O–H groups in total. The lowest BCUT2D eigenvalue weighted by Crippen LogP contribution is -2.47. The molecule has 172 valence electrons. The third kappa shape index (κ3) is 8.09. The summed E-state index contributed by atoms with van der Waals surface area (Å²) in [4.78, 5) is 30.6. The number of piperidine rings is 1. The maximum absolute atomic E-state index is 12.3. The first kappa shape index (κ1) is 23.9. The number of benzene rings is 1. The topological polar surface area (TPSA) is 83.6 Å². The van der Waals surface area contributed by atoms with Crippen molar-refractivity contribution in [2.45, 2.75) is 45.8 Å². The lowest BCUT2D eigenvalue weighted by Gasteiger charge is -2.31. The Morgan fingerprint density at radius 3 is 2.66 bits per heavy atom. The standard InChI is InChI=1S/C24H32N4O3S/c1-3-12-25-24(30)15-28-13-10-20(11-14-28)27-23(29)9-6-19-4-7-22(8-5-19)31-16-21-17-32-18(2)26-21/h4-9,17,20H,3,10-16H2,1-2H3,(H,25,30)(H,27,29)/b9-6+. The van der Waals surface area contributed by atoms with E-state index >= 15 is 0 Å². The molecule has 1 aliphatic heterocycles. The van der Waals surface area contributed by atoms with Gasteiger partial charge < -0.3 is 15.4 Å². The van der Waals surface area contributed by atoms with Crippen LogP contribution >= 0.6 is 11.3 Å². The predicted molar refractivity (Wildman–Crippen MR) is 128 cm³/mol. The van der Waals surface area contributed by atoms with Gasteiger partial charge in [-0.1, -0.05) is 19.1 Å². The summed E-state index contributed by atoms with van der Waals surface area (Å²) in [7, 11) is 0. The number of hydrogen-bond acceptors (Lipinski definition) is 6. The van der Waals surface area contributed by atoms with Gasteiger partial charge in [-0.05, 0) is 50.0 Å². The van der Waals surface area contributed by atoms with Crippen LogP contribution < -0.4 is 15.4 Å². The van der Waals surface area contributed by atoms with Crippen LogP contribution in [-0.4, -0.2) is 53.9 Å². The van der Waals surface area contributed by atoms with E-state index in [1.165, 1.54) is 0 Å². The van der Waals surface area contributed by atoms with Crippen molar-refractivity contribution in [3.05, 3.63) is 52.0 Å². The van der Waals surface area contributed by atoms with Gasteiger partial charge >= 0.3 is 0 Å². The number of amides is 2. The van der Waals surface area contributed by atoms with Gasteiger partial charge in [0.15, 0.2) is 0 Å². The second-order valence-electron chi connectivity index (χ2n) is 7.96. The number of ether oxygens (including phenoxy) is 1. The Labute approximate surface area is 193 Å². The summed E-state index contributed by atoms with van der Waals surface area (Å²) in [5.74, 6) is 0.752. The molecule has 0 saturated carbocycles. The van der Waals surface area contributed by atoms with Crippen LogP contribution in [0.1, 0.15) is 42.5 Å². The molecule has 0 unspecified atom stereocenters. The summed E-state index contributed by atoms with van der Waals surface area (Å²) in [6.07, 6.45) is 6.02. The zero-order valence-corrected chi connectivity index (χ0v) is 19.6. The fourth-order valence-corrected chi connectivity index (χ4v) is 4.08. The van der Waals surface area contributed by atoms with Crippen LogP contribution in [0, 0.1) is 6.92 Å². The van der Waals surface area contributed by atoms with Crippen LogP contribution in [0.4, 0.5) is 0 Å². The minimum atomic E-state index is -0.0941. The molecule has 32 heavy (non-hydrogen) atoms. The van der Waals surface area contributed by atoms with E-state index in [1.54, 1.807) is 23.5 Å². The summed E-state index contributed by atoms with van der Waals surface area (Å²) in [6.45, 7) is 7.25. The molecular weight excluding hydrogens is 424 g/mol. The first-order valence-corrected chi connectivity index (χ1v) is 12.0. The number of nitrogens with zero attached hydrogens (tertiary/aromatic N) is 2. The number of carbonyl (C=O) groups is 2. The van der Waals surface area contributed by atoms with E-state index in [4.69, 9.17) is 4.74 Å². The fourth-order valence-electron chi connectivity index (χ4n) is 3.49. The van der Waals surface area contributed by atoms with Crippen LogP contribution in [0.25, 0.3) is 6.08 Å². The molecule has 1 saturated heterocycles. The van der Waals surface area contributed by atoms with Gasteiger partial charge in [-0.25, -0.2) is 4.98 Å². The van der Waals surface area contributed by atoms with Gasteiger partial charge in [-0.15, -0.1) is 11.3 Å². The molecule has 0 aliphatic carbocycles. The molecule has 2 heterocycles. The highest BCUT2D eigenvalue weighted by atomic mass is 32.1. The average molecular weight is 457 g/mol. The largest absolute Gasteiger partial charge is 0.487 e. The molecule has 8 heteroatoms. The number of likely N-dealkylation sites (tertiary alicyclic amines) is 1. The molecule has 3 rings (SSSR count). The van der Waals surface area contributed by atoms with Crippen LogP contribution in [-0.2, 0) is 16.2 Å². The molecule has 1 fully saturated rings. The maximum atomic E-state index is 12.3. The lowest BCUT2D eigenvalue weighted by atomic mass is 10.0. The molecule has 1 aliphatic rings. The zero-order valence-electron chi connectivity index (χ0n) is 18.8. The Morgan fingerprint density at radius 2 is 2.00 bits per heavy atom. The van der Waals surface area contributed by atoms with Gasteiger partial charge in [0.1, 0.15) is 12.4 Å². The SMILES string of the molecule is CCCNC(=O)CN1CCC(NC(=O)/C=C/c2ccc(OCc3csc(C)n3)cc2)CC1. The highest BCUT2D eigenvalue weighted by Gasteiger charge is 2.21. The fraction of sp³-hybridized carbons (Fsp3) is 0.458. The highest BCUT2D eigenvalue weighted by molar-refractivity contribution is 7.09. The normalized spacial score (nSPS) is 15.1. The third-order valence-corrected chi connectivity index (χ3v) is 6.06. The molecule has 2 aromatic rings. The Balaban J connectivity index is 1.36. The van der Waals surface area contributed by atoms with E-state index < -0.39 is 0 Å². The van der Waals surface area contributed by atoms with Gasteiger partial charge in [0.2, 0.25) is 11.8 Å². The van der Waals surface area contributed by atoms with Gasteiger partial charge in [0.25, 0.3) is 0 Å². The summed E-state index contributed by atoms with van der Waals surface area (Å²) in [5, 5.41) is 9.00. The molecule has 2 amide bonds. The Bertz CT molecular complexity index is 902. The van der Waals surface area contributed by atoms with Crippen molar-refractivity contribution in [1.82, 2.24) is 20.5 Å². The number of carbonyl (C=O) groups excluding carboxylic acids is 2. The number of thiazole rings is 1. The Kier molecular flexibility index (Phi) is 9.25. The highest BCUT2D eigenvalue weighted by Crippen LogP contribution is 2.16. The van der Waals surface area contributed by atoms with Crippen molar-refractivity contribution >= 4 is 29.2 Å². The molecule has 0 bridgehead atoms. The van der Waals surface area contributed by atoms with Gasteiger partial charge in [-0.3, -0.25) is 14.5 Å². The molecule has 0 spiro atoms. The second kappa shape index (κ2) is 12.4. The van der Waals surface area contributed by atoms with Crippen molar-refractivity contribution in [2.24, 2.45) is 0 Å². The first-order chi connectivity index (χ1) is 15.5. The number of aryl methyl sites for hydroxylation is 1. The Hall–Kier alpha value is -2.71. The summed E-state index contributed by atoms with van der Waals surface area (Å²) >= 11 is 1.61. The smallest absolute Gasteiger partial charge is 0.244 e. The maximum Gasteiger partial charge on any atom is 0.244 e. The number of rotatable bonds is 10. The first-order valence-electron chi connectivity index (χ1n) is 11.1. The van der Waals surface area contributed by atoms with E-state index in [1.807, 2.05) is 43.5 Å². The van der Waals surface area contributed by atoms with Crippen molar-refractivity contribution < 1.29 is 14.3 Å². The minimum Gasteiger partial charge on any atom is -0.487 e. The molecule has 1 aromatic heterocycles. The summed E-state index contributed by atoms with van der Waals surface area (Å²) in [5.41, 5.74) is 1.86. The molecule has 0 radical (unpaired) electrons. The molecular formula is C24H32N4O3S. The van der Waals surface area contributed by atoms with Crippen molar-refractivity contribution in [3.63, 3.8) is 0 Å². The lowest BCUT2D eigenvalue weighted by molar-refractivity contribution is -0.123. The quantitative estimate of drug-likeness (QED) is 0.537. The predicted octanol–water partition coefficient (Wildman–Crippen LogP) is 3.15. The van der Waals surface area contributed by atoms with E-state index in [2.05, 4.69) is 20.5 Å². The number of hydrogen-bond donors (Lipinski definition) is 2. The minimum absolute atomic E-state index is 0.0758. The van der Waals surface area contributed by atoms with Crippen LogP contribution in [0.15, 0.2) is 35.7 Å². The van der Waals surface area contributed by atoms with Crippen molar-refractivity contribution in [2.75, 3.05) is 26.2 Å². The average Bonchev–Trinajstić information content (AvgIpc) is 3.22. The molecule has 7 nitrogen and oxygen atoms in total. The number of nitrogens with one attached hydrogen (secondary N) is 2. The van der Waals surface area contributed by atoms with E-state index in [0.717, 1.165) is 60.9 Å². The third-order valence-electron chi connectivity index (χ3n) is 5.23. The van der Waals surface area contributed by atoms with E-state index in [0.29, 0.717) is 13.2 Å². The van der Waals surface area contributed by atoms with Gasteiger partial charge in [0.05, 0.1) is 17.2 Å².